The molecule has 0 aliphatic rings. The van der Waals surface area contributed by atoms with Crippen molar-refractivity contribution in [3.63, 3.8) is 0 Å². The third-order valence-corrected chi connectivity index (χ3v) is 2.39. The summed E-state index contributed by atoms with van der Waals surface area (Å²) in [5.74, 6) is -0.188. The number of ether oxygens (including phenoxy) is 3. The van der Waals surface area contributed by atoms with Crippen LogP contribution in [0.25, 0.3) is 0 Å². The van der Waals surface area contributed by atoms with Crippen LogP contribution in [0.1, 0.15) is 32.1 Å². The van der Waals surface area contributed by atoms with Gasteiger partial charge in [-0.3, -0.25) is 4.79 Å². The van der Waals surface area contributed by atoms with Crippen molar-refractivity contribution < 1.29 is 24.1 Å². The average Bonchev–Trinajstić information content (AvgIpc) is 2.29. The fourth-order valence-corrected chi connectivity index (χ4v) is 1.45. The van der Waals surface area contributed by atoms with Crippen LogP contribution in [0.4, 0.5) is 0 Å². The van der Waals surface area contributed by atoms with E-state index in [1.807, 2.05) is 0 Å². The molecule has 0 rings (SSSR count). The van der Waals surface area contributed by atoms with Gasteiger partial charge in [0.15, 0.2) is 6.29 Å². The predicted octanol–water partition coefficient (Wildman–Crippen LogP) is 1.09. The second-order valence-electron chi connectivity index (χ2n) is 3.58. The van der Waals surface area contributed by atoms with Crippen LogP contribution in [0, 0.1) is 0 Å². The summed E-state index contributed by atoms with van der Waals surface area (Å²) in [4.78, 5) is 10.8. The molecule has 0 aliphatic heterocycles. The highest BCUT2D eigenvalue weighted by Gasteiger charge is 2.16. The Bertz CT molecular complexity index is 179. The summed E-state index contributed by atoms with van der Waals surface area (Å²) in [7, 11) is 4.37. The third kappa shape index (κ3) is 6.76. The summed E-state index contributed by atoms with van der Waals surface area (Å²) in [6.45, 7) is 0. The molecule has 5 heteroatoms. The van der Waals surface area contributed by atoms with Crippen molar-refractivity contribution in [1.82, 2.24) is 0 Å². The zero-order valence-electron chi connectivity index (χ0n) is 10.3. The van der Waals surface area contributed by atoms with Crippen molar-refractivity contribution in [2.24, 2.45) is 0 Å². The van der Waals surface area contributed by atoms with Gasteiger partial charge in [-0.25, -0.2) is 0 Å². The van der Waals surface area contributed by atoms with E-state index in [9.17, 15) is 9.90 Å². The molecule has 0 heterocycles. The maximum atomic E-state index is 10.8. The Morgan fingerprint density at radius 2 is 1.75 bits per heavy atom. The maximum Gasteiger partial charge on any atom is 0.305 e. The molecule has 0 saturated heterocycles. The minimum atomic E-state index is -0.617. The van der Waals surface area contributed by atoms with Gasteiger partial charge in [0, 0.05) is 20.6 Å². The zero-order valence-corrected chi connectivity index (χ0v) is 10.3. The minimum Gasteiger partial charge on any atom is -0.469 e. The Balaban J connectivity index is 3.47. The first kappa shape index (κ1) is 15.3. The zero-order chi connectivity index (χ0) is 12.4. The van der Waals surface area contributed by atoms with Crippen molar-refractivity contribution in [2.45, 2.75) is 44.5 Å². The molecule has 0 radical (unpaired) electrons. The molecule has 5 nitrogen and oxygen atoms in total. The summed E-state index contributed by atoms with van der Waals surface area (Å²) in [5.41, 5.74) is 0. The second-order valence-corrected chi connectivity index (χ2v) is 3.58. The number of aliphatic hydroxyl groups excluding tert-OH is 1. The molecule has 0 fully saturated rings. The van der Waals surface area contributed by atoms with Crippen LogP contribution in [0.3, 0.4) is 0 Å². The predicted molar refractivity (Wildman–Crippen MR) is 58.9 cm³/mol. The fourth-order valence-electron chi connectivity index (χ4n) is 1.45. The van der Waals surface area contributed by atoms with E-state index in [2.05, 4.69) is 4.74 Å². The van der Waals surface area contributed by atoms with Crippen LogP contribution < -0.4 is 0 Å². The molecular formula is C11H22O5. The Morgan fingerprint density at radius 3 is 2.25 bits per heavy atom. The van der Waals surface area contributed by atoms with Gasteiger partial charge in [0.2, 0.25) is 0 Å². The lowest BCUT2D eigenvalue weighted by molar-refractivity contribution is -0.165. The number of carbonyl (C=O) groups excluding carboxylic acids is 1. The number of hydrogen-bond acceptors (Lipinski definition) is 5. The topological polar surface area (TPSA) is 65.0 Å². The monoisotopic (exact) mass is 234 g/mol. The molecule has 0 saturated carbocycles. The molecular weight excluding hydrogens is 212 g/mol. The van der Waals surface area contributed by atoms with E-state index < -0.39 is 12.4 Å². The molecule has 1 atom stereocenters. The summed E-state index contributed by atoms with van der Waals surface area (Å²) >= 11 is 0. The first-order valence-electron chi connectivity index (χ1n) is 5.46. The van der Waals surface area contributed by atoms with Gasteiger partial charge in [0.1, 0.15) is 6.10 Å². The Morgan fingerprint density at radius 1 is 1.12 bits per heavy atom. The van der Waals surface area contributed by atoms with Crippen LogP contribution in [0.5, 0.6) is 0 Å². The van der Waals surface area contributed by atoms with Crippen LogP contribution in [-0.4, -0.2) is 44.8 Å². The normalized spacial score (nSPS) is 12.8. The fraction of sp³-hybridized carbons (Fsp3) is 0.909. The molecule has 0 aromatic heterocycles. The number of rotatable bonds is 9. The number of esters is 1. The lowest BCUT2D eigenvalue weighted by atomic mass is 10.1. The Labute approximate surface area is 96.7 Å². The highest BCUT2D eigenvalue weighted by Crippen LogP contribution is 2.10. The highest BCUT2D eigenvalue weighted by atomic mass is 16.7. The van der Waals surface area contributed by atoms with Crippen LogP contribution >= 0.6 is 0 Å². The van der Waals surface area contributed by atoms with Crippen molar-refractivity contribution in [2.75, 3.05) is 21.3 Å². The lowest BCUT2D eigenvalue weighted by Crippen LogP contribution is -2.29. The van der Waals surface area contributed by atoms with Gasteiger partial charge in [-0.15, -0.1) is 0 Å². The van der Waals surface area contributed by atoms with Crippen LogP contribution in [0.15, 0.2) is 0 Å². The smallest absolute Gasteiger partial charge is 0.305 e. The first-order valence-corrected chi connectivity index (χ1v) is 5.46. The number of carbonyl (C=O) groups is 1. The SMILES string of the molecule is COC(=O)CCCCCC(O)C(OC)OC. The summed E-state index contributed by atoms with van der Waals surface area (Å²) in [6, 6.07) is 0. The molecule has 0 amide bonds. The Hall–Kier alpha value is -0.650. The third-order valence-electron chi connectivity index (χ3n) is 2.39. The molecule has 96 valence electrons. The largest absolute Gasteiger partial charge is 0.469 e. The number of unbranched alkanes of at least 4 members (excludes halogenated alkanes) is 2. The van der Waals surface area contributed by atoms with Gasteiger partial charge >= 0.3 is 5.97 Å². The molecule has 0 spiro atoms. The molecule has 0 aliphatic carbocycles. The van der Waals surface area contributed by atoms with Crippen molar-refractivity contribution in [1.29, 1.82) is 0 Å². The second kappa shape index (κ2) is 9.57. The molecule has 16 heavy (non-hydrogen) atoms. The van der Waals surface area contributed by atoms with E-state index in [1.165, 1.54) is 21.3 Å². The van der Waals surface area contributed by atoms with Crippen molar-refractivity contribution in [3.05, 3.63) is 0 Å². The summed E-state index contributed by atoms with van der Waals surface area (Å²) < 4.78 is 14.4. The van der Waals surface area contributed by atoms with Crippen LogP contribution in [0.2, 0.25) is 0 Å². The van der Waals surface area contributed by atoms with Gasteiger partial charge in [-0.2, -0.15) is 0 Å². The van der Waals surface area contributed by atoms with E-state index in [0.29, 0.717) is 12.8 Å². The van der Waals surface area contributed by atoms with Gasteiger partial charge < -0.3 is 19.3 Å². The maximum absolute atomic E-state index is 10.8. The standard InChI is InChI=1S/C11H22O5/c1-14-10(13)8-6-4-5-7-9(12)11(15-2)16-3/h9,11-12H,4-8H2,1-3H3. The van der Waals surface area contributed by atoms with E-state index >= 15 is 0 Å². The molecule has 0 aromatic carbocycles. The number of hydrogen-bond donors (Lipinski definition) is 1. The summed E-state index contributed by atoms with van der Waals surface area (Å²) in [6.07, 6.45) is 2.35. The number of aliphatic hydroxyl groups is 1. The first-order chi connectivity index (χ1) is 7.65. The van der Waals surface area contributed by atoms with Gasteiger partial charge in [0.25, 0.3) is 0 Å². The highest BCUT2D eigenvalue weighted by molar-refractivity contribution is 5.68. The van der Waals surface area contributed by atoms with Crippen LogP contribution in [-0.2, 0) is 19.0 Å². The number of methoxy groups -OCH3 is 3. The molecule has 0 bridgehead atoms. The van der Waals surface area contributed by atoms with E-state index in [4.69, 9.17) is 9.47 Å². The van der Waals surface area contributed by atoms with Crippen molar-refractivity contribution >= 4 is 5.97 Å². The quantitative estimate of drug-likeness (QED) is 0.367. The molecule has 0 aromatic rings. The average molecular weight is 234 g/mol. The van der Waals surface area contributed by atoms with E-state index in [-0.39, 0.29) is 5.97 Å². The minimum absolute atomic E-state index is 0.188. The van der Waals surface area contributed by atoms with Gasteiger partial charge in [-0.1, -0.05) is 12.8 Å². The van der Waals surface area contributed by atoms with Crippen molar-refractivity contribution in [3.8, 4) is 0 Å². The van der Waals surface area contributed by atoms with Gasteiger partial charge in [-0.05, 0) is 12.8 Å². The molecule has 1 N–H and O–H groups in total. The van der Waals surface area contributed by atoms with Gasteiger partial charge in [0.05, 0.1) is 7.11 Å². The molecule has 1 unspecified atom stereocenters. The summed E-state index contributed by atoms with van der Waals surface area (Å²) in [5, 5.41) is 9.62. The Kier molecular flexibility index (Phi) is 9.18. The lowest BCUT2D eigenvalue weighted by Gasteiger charge is -2.19. The van der Waals surface area contributed by atoms with E-state index in [1.54, 1.807) is 0 Å². The van der Waals surface area contributed by atoms with E-state index in [0.717, 1.165) is 19.3 Å².